The van der Waals surface area contributed by atoms with E-state index in [4.69, 9.17) is 15.2 Å². The molecule has 0 unspecified atom stereocenters. The number of primary amides is 1. The minimum absolute atomic E-state index is 0.0313. The van der Waals surface area contributed by atoms with E-state index in [0.717, 1.165) is 11.3 Å². The van der Waals surface area contributed by atoms with Crippen LogP contribution in [0.3, 0.4) is 0 Å². The molecule has 1 aromatic rings. The molecule has 7 heteroatoms. The maximum Gasteiger partial charge on any atom is 0.320 e. The number of hydrogen-bond acceptors (Lipinski definition) is 4. The van der Waals surface area contributed by atoms with Crippen molar-refractivity contribution in [3.05, 3.63) is 23.8 Å². The molecular formula is C13H15N3O4. The van der Waals surface area contributed by atoms with Crippen molar-refractivity contribution >= 4 is 11.9 Å². The van der Waals surface area contributed by atoms with Gasteiger partial charge < -0.3 is 25.0 Å². The summed E-state index contributed by atoms with van der Waals surface area (Å²) in [5, 5.41) is 0. The fraction of sp³-hybridized carbons (Fsp3) is 0.385. The third-order valence-corrected chi connectivity index (χ3v) is 3.34. The zero-order chi connectivity index (χ0) is 14.1. The number of hydrogen-bond donors (Lipinski definition) is 1. The molecule has 0 radical (unpaired) electrons. The fourth-order valence-electron chi connectivity index (χ4n) is 2.37. The summed E-state index contributed by atoms with van der Waals surface area (Å²) in [6, 6.07) is 5.44. The predicted octanol–water partition coefficient (Wildman–Crippen LogP) is 0.138. The van der Waals surface area contributed by atoms with E-state index in [1.54, 1.807) is 4.90 Å². The van der Waals surface area contributed by atoms with Crippen molar-refractivity contribution in [2.24, 2.45) is 5.73 Å². The average Bonchev–Trinajstić information content (AvgIpc) is 2.99. The number of nitrogens with zero attached hydrogens (tertiary/aromatic N) is 2. The average molecular weight is 277 g/mol. The second kappa shape index (κ2) is 4.92. The maximum absolute atomic E-state index is 12.1. The Hall–Kier alpha value is -2.44. The van der Waals surface area contributed by atoms with Crippen LogP contribution in [0.1, 0.15) is 5.56 Å². The Balaban J connectivity index is 1.66. The van der Waals surface area contributed by atoms with Gasteiger partial charge in [0.15, 0.2) is 11.5 Å². The Morgan fingerprint density at radius 1 is 1.20 bits per heavy atom. The number of carbonyl (C=O) groups excluding carboxylic acids is 2. The molecule has 2 N–H and O–H groups in total. The highest BCUT2D eigenvalue weighted by molar-refractivity contribution is 5.84. The first kappa shape index (κ1) is 12.6. The van der Waals surface area contributed by atoms with Crippen LogP contribution < -0.4 is 15.2 Å². The van der Waals surface area contributed by atoms with E-state index in [1.807, 2.05) is 18.2 Å². The molecule has 3 amide bonds. The zero-order valence-corrected chi connectivity index (χ0v) is 10.9. The normalized spacial score (nSPS) is 16.9. The molecule has 0 aromatic heterocycles. The first-order chi connectivity index (χ1) is 9.63. The Morgan fingerprint density at radius 3 is 2.75 bits per heavy atom. The highest BCUT2D eigenvalue weighted by Crippen LogP contribution is 2.33. The number of fused-ring (bicyclic) bond motifs is 1. The molecule has 20 heavy (non-hydrogen) atoms. The lowest BCUT2D eigenvalue weighted by atomic mass is 10.2. The molecule has 0 spiro atoms. The Labute approximate surface area is 115 Å². The van der Waals surface area contributed by atoms with Gasteiger partial charge >= 0.3 is 6.03 Å². The van der Waals surface area contributed by atoms with Gasteiger partial charge in [-0.2, -0.15) is 0 Å². The van der Waals surface area contributed by atoms with Crippen LogP contribution in [-0.4, -0.2) is 48.2 Å². The van der Waals surface area contributed by atoms with Crippen molar-refractivity contribution in [2.75, 3.05) is 26.4 Å². The van der Waals surface area contributed by atoms with Gasteiger partial charge in [-0.3, -0.25) is 4.79 Å². The van der Waals surface area contributed by atoms with E-state index in [0.29, 0.717) is 25.4 Å². The van der Waals surface area contributed by atoms with Gasteiger partial charge in [-0.25, -0.2) is 4.79 Å². The van der Waals surface area contributed by atoms with Gasteiger partial charge in [0.05, 0.1) is 0 Å². The fourth-order valence-corrected chi connectivity index (χ4v) is 2.37. The van der Waals surface area contributed by atoms with Crippen LogP contribution in [0.2, 0.25) is 0 Å². The predicted molar refractivity (Wildman–Crippen MR) is 69.1 cm³/mol. The van der Waals surface area contributed by atoms with Gasteiger partial charge in [0.1, 0.15) is 6.54 Å². The summed E-state index contributed by atoms with van der Waals surface area (Å²) in [6.45, 7) is 1.78. The van der Waals surface area contributed by atoms with Crippen LogP contribution in [0.5, 0.6) is 11.5 Å². The summed E-state index contributed by atoms with van der Waals surface area (Å²) in [5.74, 6) is 0.920. The first-order valence-electron chi connectivity index (χ1n) is 6.34. The lowest BCUT2D eigenvalue weighted by Crippen LogP contribution is -2.37. The largest absolute Gasteiger partial charge is 0.454 e. The summed E-state index contributed by atoms with van der Waals surface area (Å²) in [6.07, 6.45) is 0. The number of ether oxygens (including phenoxy) is 2. The number of carbonyl (C=O) groups is 2. The molecule has 2 aliphatic rings. The van der Waals surface area contributed by atoms with E-state index >= 15 is 0 Å². The Kier molecular flexibility index (Phi) is 3.09. The molecular weight excluding hydrogens is 262 g/mol. The van der Waals surface area contributed by atoms with E-state index in [-0.39, 0.29) is 19.4 Å². The number of benzene rings is 1. The molecule has 1 aromatic carbocycles. The van der Waals surface area contributed by atoms with Crippen molar-refractivity contribution in [1.82, 2.24) is 9.80 Å². The topological polar surface area (TPSA) is 85.1 Å². The van der Waals surface area contributed by atoms with Gasteiger partial charge in [-0.15, -0.1) is 0 Å². The van der Waals surface area contributed by atoms with Crippen LogP contribution in [0.25, 0.3) is 0 Å². The van der Waals surface area contributed by atoms with E-state index in [9.17, 15) is 9.59 Å². The van der Waals surface area contributed by atoms with E-state index in [2.05, 4.69) is 0 Å². The number of nitrogens with two attached hydrogens (primary N) is 1. The highest BCUT2D eigenvalue weighted by Gasteiger charge is 2.29. The minimum atomic E-state index is -0.497. The SMILES string of the molecule is NC(=O)CN1CCN(Cc2ccc3c(c2)OCO3)C1=O. The van der Waals surface area contributed by atoms with Crippen molar-refractivity contribution in [1.29, 1.82) is 0 Å². The summed E-state index contributed by atoms with van der Waals surface area (Å²) in [4.78, 5) is 26.1. The molecule has 106 valence electrons. The van der Waals surface area contributed by atoms with Crippen LogP contribution in [0.15, 0.2) is 18.2 Å². The van der Waals surface area contributed by atoms with Gasteiger partial charge in [0, 0.05) is 19.6 Å². The smallest absolute Gasteiger partial charge is 0.320 e. The first-order valence-corrected chi connectivity index (χ1v) is 6.34. The summed E-state index contributed by atoms with van der Waals surface area (Å²) < 4.78 is 10.5. The van der Waals surface area contributed by atoms with Crippen LogP contribution in [0.4, 0.5) is 4.79 Å². The van der Waals surface area contributed by atoms with Crippen LogP contribution in [-0.2, 0) is 11.3 Å². The van der Waals surface area contributed by atoms with Crippen molar-refractivity contribution in [3.63, 3.8) is 0 Å². The maximum atomic E-state index is 12.1. The summed E-state index contributed by atoms with van der Waals surface area (Å²) >= 11 is 0. The lowest BCUT2D eigenvalue weighted by molar-refractivity contribution is -0.118. The standard InChI is InChI=1S/C13H15N3O4/c14-12(17)7-16-4-3-15(13(16)18)6-9-1-2-10-11(5-9)20-8-19-10/h1-2,5H,3-4,6-8H2,(H2,14,17). The molecule has 2 aliphatic heterocycles. The van der Waals surface area contributed by atoms with E-state index < -0.39 is 5.91 Å². The molecule has 1 fully saturated rings. The van der Waals surface area contributed by atoms with Gasteiger partial charge in [-0.1, -0.05) is 6.07 Å². The van der Waals surface area contributed by atoms with Crippen molar-refractivity contribution in [3.8, 4) is 11.5 Å². The van der Waals surface area contributed by atoms with Gasteiger partial charge in [-0.05, 0) is 17.7 Å². The quantitative estimate of drug-likeness (QED) is 0.848. The second-order valence-electron chi connectivity index (χ2n) is 4.78. The van der Waals surface area contributed by atoms with Crippen LogP contribution in [0, 0.1) is 0 Å². The molecule has 3 rings (SSSR count). The van der Waals surface area contributed by atoms with Gasteiger partial charge in [0.2, 0.25) is 12.7 Å². The monoisotopic (exact) mass is 277 g/mol. The molecule has 0 aliphatic carbocycles. The lowest BCUT2D eigenvalue weighted by Gasteiger charge is -2.17. The summed E-state index contributed by atoms with van der Waals surface area (Å²) in [7, 11) is 0. The minimum Gasteiger partial charge on any atom is -0.454 e. The van der Waals surface area contributed by atoms with Crippen molar-refractivity contribution < 1.29 is 19.1 Å². The highest BCUT2D eigenvalue weighted by atomic mass is 16.7. The van der Waals surface area contributed by atoms with Crippen molar-refractivity contribution in [2.45, 2.75) is 6.54 Å². The second-order valence-corrected chi connectivity index (χ2v) is 4.78. The molecule has 0 atom stereocenters. The Morgan fingerprint density at radius 2 is 1.95 bits per heavy atom. The number of amides is 3. The molecule has 7 nitrogen and oxygen atoms in total. The third kappa shape index (κ3) is 2.34. The Bertz CT molecular complexity index is 561. The molecule has 1 saturated heterocycles. The molecule has 0 saturated carbocycles. The van der Waals surface area contributed by atoms with Gasteiger partial charge in [0.25, 0.3) is 0 Å². The molecule has 2 heterocycles. The zero-order valence-electron chi connectivity index (χ0n) is 10.9. The number of rotatable bonds is 4. The third-order valence-electron chi connectivity index (χ3n) is 3.34. The summed E-state index contributed by atoms with van der Waals surface area (Å²) in [5.41, 5.74) is 6.07. The van der Waals surface area contributed by atoms with Crippen LogP contribution >= 0.6 is 0 Å². The molecule has 0 bridgehead atoms. The number of urea groups is 1. The van der Waals surface area contributed by atoms with E-state index in [1.165, 1.54) is 4.90 Å².